The van der Waals surface area contributed by atoms with Crippen LogP contribution in [0.4, 0.5) is 8.78 Å². The fourth-order valence-corrected chi connectivity index (χ4v) is 4.75. The molecule has 0 aliphatic carbocycles. The molecule has 1 aromatic carbocycles. The summed E-state index contributed by atoms with van der Waals surface area (Å²) in [6.45, 7) is 6.11. The molecule has 4 nitrogen and oxygen atoms in total. The van der Waals surface area contributed by atoms with E-state index in [-0.39, 0.29) is 11.3 Å². The van der Waals surface area contributed by atoms with E-state index in [9.17, 15) is 13.6 Å². The smallest absolute Gasteiger partial charge is 0.223 e. The molecule has 3 fully saturated rings. The Balaban J connectivity index is 1.29. The maximum absolute atomic E-state index is 13.4. The molecule has 1 amide bonds. The number of nitrogens with zero attached hydrogens (tertiary/aromatic N) is 2. The van der Waals surface area contributed by atoms with Crippen LogP contribution in [0.3, 0.4) is 0 Å². The summed E-state index contributed by atoms with van der Waals surface area (Å²) >= 11 is 0. The maximum atomic E-state index is 13.4. The van der Waals surface area contributed by atoms with Crippen LogP contribution in [0.25, 0.3) is 0 Å². The van der Waals surface area contributed by atoms with Gasteiger partial charge in [-0.15, -0.1) is 0 Å². The minimum Gasteiger partial charge on any atom is -0.381 e. The number of carbonyl (C=O) groups excluding carboxylic acids is 1. The Morgan fingerprint density at radius 2 is 2.00 bits per heavy atom. The Morgan fingerprint density at radius 1 is 1.19 bits per heavy atom. The van der Waals surface area contributed by atoms with Crippen molar-refractivity contribution in [2.45, 2.75) is 38.6 Å². The van der Waals surface area contributed by atoms with E-state index >= 15 is 0 Å². The minimum atomic E-state index is -0.852. The zero-order valence-corrected chi connectivity index (χ0v) is 15.8. The molecule has 148 valence electrons. The quantitative estimate of drug-likeness (QED) is 0.789. The molecule has 1 spiro atoms. The molecule has 6 heteroatoms. The number of amides is 1. The lowest BCUT2D eigenvalue weighted by atomic mass is 9.77. The van der Waals surface area contributed by atoms with Crippen molar-refractivity contribution in [1.82, 2.24) is 9.80 Å². The SMILES string of the molecule is O=C1CC2(CCN(CC[C@H]3CCOC3)CC2)CN1Cc1ccc(F)c(F)c1. The lowest BCUT2D eigenvalue weighted by Crippen LogP contribution is -2.42. The molecule has 3 saturated heterocycles. The van der Waals surface area contributed by atoms with Crippen LogP contribution >= 0.6 is 0 Å². The summed E-state index contributed by atoms with van der Waals surface area (Å²) in [4.78, 5) is 16.9. The van der Waals surface area contributed by atoms with Crippen molar-refractivity contribution < 1.29 is 18.3 Å². The highest BCUT2D eigenvalue weighted by molar-refractivity contribution is 5.79. The molecule has 0 unspecified atom stereocenters. The molecule has 0 N–H and O–H groups in total. The fraction of sp³-hybridized carbons (Fsp3) is 0.667. The highest BCUT2D eigenvalue weighted by Crippen LogP contribution is 2.41. The molecule has 1 aromatic rings. The number of ether oxygens (including phenoxy) is 1. The molecule has 4 rings (SSSR count). The Kier molecular flexibility index (Phi) is 5.46. The van der Waals surface area contributed by atoms with Crippen molar-refractivity contribution in [2.75, 3.05) is 39.4 Å². The van der Waals surface area contributed by atoms with Gasteiger partial charge in [0.25, 0.3) is 0 Å². The van der Waals surface area contributed by atoms with Gasteiger partial charge in [-0.3, -0.25) is 4.79 Å². The normalized spacial score (nSPS) is 25.6. The van der Waals surface area contributed by atoms with Crippen LogP contribution in [-0.2, 0) is 16.1 Å². The molecule has 3 heterocycles. The summed E-state index contributed by atoms with van der Waals surface area (Å²) in [5.74, 6) is -0.855. The second-order valence-corrected chi connectivity index (χ2v) is 8.53. The van der Waals surface area contributed by atoms with Crippen molar-refractivity contribution >= 4 is 5.91 Å². The van der Waals surface area contributed by atoms with Crippen LogP contribution in [0, 0.1) is 23.0 Å². The first-order valence-corrected chi connectivity index (χ1v) is 10.0. The first-order valence-electron chi connectivity index (χ1n) is 10.0. The van der Waals surface area contributed by atoms with Crippen LogP contribution in [0.15, 0.2) is 18.2 Å². The van der Waals surface area contributed by atoms with Gasteiger partial charge >= 0.3 is 0 Å². The molecule has 27 heavy (non-hydrogen) atoms. The van der Waals surface area contributed by atoms with Crippen molar-refractivity contribution in [1.29, 1.82) is 0 Å². The molecule has 0 saturated carbocycles. The first-order chi connectivity index (χ1) is 13.0. The van der Waals surface area contributed by atoms with E-state index in [1.54, 1.807) is 6.07 Å². The third kappa shape index (κ3) is 4.32. The zero-order valence-electron chi connectivity index (χ0n) is 15.8. The minimum absolute atomic E-state index is 0.0582. The topological polar surface area (TPSA) is 32.8 Å². The lowest BCUT2D eigenvalue weighted by molar-refractivity contribution is -0.128. The Hall–Kier alpha value is -1.53. The standard InChI is InChI=1S/C21H28F2N2O2/c22-18-2-1-17(11-19(18)23)13-25-15-21(12-20(25)26)5-8-24(9-6-21)7-3-16-4-10-27-14-16/h1-2,11,16H,3-10,12-15H2/t16-/m0/s1. The molecule has 3 aliphatic rings. The van der Waals surface area contributed by atoms with E-state index in [1.165, 1.54) is 18.9 Å². The zero-order chi connectivity index (χ0) is 18.9. The average Bonchev–Trinajstić information content (AvgIpc) is 3.27. The van der Waals surface area contributed by atoms with Gasteiger partial charge in [-0.2, -0.15) is 0 Å². The number of carbonyl (C=O) groups is 1. The summed E-state index contributed by atoms with van der Waals surface area (Å²) in [6.07, 6.45) is 5.04. The van der Waals surface area contributed by atoms with E-state index in [4.69, 9.17) is 4.74 Å². The summed E-state index contributed by atoms with van der Waals surface area (Å²) in [5, 5.41) is 0. The molecule has 1 atom stereocenters. The number of hydrogen-bond donors (Lipinski definition) is 0. The van der Waals surface area contributed by atoms with Crippen LogP contribution in [0.1, 0.15) is 37.7 Å². The van der Waals surface area contributed by atoms with Gasteiger partial charge in [0.15, 0.2) is 11.6 Å². The van der Waals surface area contributed by atoms with Crippen LogP contribution in [0.5, 0.6) is 0 Å². The predicted molar refractivity (Wildman–Crippen MR) is 98.0 cm³/mol. The summed E-state index contributed by atoms with van der Waals surface area (Å²) in [7, 11) is 0. The Bertz CT molecular complexity index is 683. The largest absolute Gasteiger partial charge is 0.381 e. The van der Waals surface area contributed by atoms with Crippen molar-refractivity contribution in [3.8, 4) is 0 Å². The second kappa shape index (κ2) is 7.84. The van der Waals surface area contributed by atoms with Gasteiger partial charge in [0, 0.05) is 32.7 Å². The van der Waals surface area contributed by atoms with E-state index in [0.717, 1.165) is 58.3 Å². The van der Waals surface area contributed by atoms with Crippen molar-refractivity contribution in [2.24, 2.45) is 11.3 Å². The van der Waals surface area contributed by atoms with E-state index in [0.29, 0.717) is 24.4 Å². The van der Waals surface area contributed by atoms with Crippen molar-refractivity contribution in [3.05, 3.63) is 35.4 Å². The van der Waals surface area contributed by atoms with Gasteiger partial charge in [-0.25, -0.2) is 8.78 Å². The highest BCUT2D eigenvalue weighted by Gasteiger charge is 2.44. The van der Waals surface area contributed by atoms with Crippen LogP contribution in [0.2, 0.25) is 0 Å². The molecular weight excluding hydrogens is 350 g/mol. The Morgan fingerprint density at radius 3 is 2.70 bits per heavy atom. The molecule has 0 bridgehead atoms. The lowest BCUT2D eigenvalue weighted by Gasteiger charge is -2.39. The Labute approximate surface area is 159 Å². The summed E-state index contributed by atoms with van der Waals surface area (Å²) in [5.41, 5.74) is 0.707. The third-order valence-corrected chi connectivity index (χ3v) is 6.56. The molecule has 0 aromatic heterocycles. The molecule has 0 radical (unpaired) electrons. The van der Waals surface area contributed by atoms with E-state index in [1.807, 2.05) is 4.90 Å². The maximum Gasteiger partial charge on any atom is 0.223 e. The monoisotopic (exact) mass is 378 g/mol. The predicted octanol–water partition coefficient (Wildman–Crippen LogP) is 3.21. The number of halogens is 2. The number of rotatable bonds is 5. The average molecular weight is 378 g/mol. The molecule has 3 aliphatic heterocycles. The number of piperidine rings is 1. The third-order valence-electron chi connectivity index (χ3n) is 6.56. The molecular formula is C21H28F2N2O2. The van der Waals surface area contributed by atoms with Crippen molar-refractivity contribution in [3.63, 3.8) is 0 Å². The van der Waals surface area contributed by atoms with Crippen LogP contribution in [-0.4, -0.2) is 55.1 Å². The van der Waals surface area contributed by atoms with Gasteiger partial charge in [0.1, 0.15) is 0 Å². The highest BCUT2D eigenvalue weighted by atomic mass is 19.2. The van der Waals surface area contributed by atoms with Gasteiger partial charge < -0.3 is 14.5 Å². The number of likely N-dealkylation sites (tertiary alicyclic amines) is 2. The second-order valence-electron chi connectivity index (χ2n) is 8.53. The summed E-state index contributed by atoms with van der Waals surface area (Å²) in [6, 6.07) is 3.89. The summed E-state index contributed by atoms with van der Waals surface area (Å²) < 4.78 is 32.0. The van der Waals surface area contributed by atoms with Gasteiger partial charge in [-0.1, -0.05) is 6.07 Å². The van der Waals surface area contributed by atoms with Gasteiger partial charge in [0.2, 0.25) is 5.91 Å². The first kappa shape index (κ1) is 18.8. The van der Waals surface area contributed by atoms with E-state index in [2.05, 4.69) is 4.90 Å². The van der Waals surface area contributed by atoms with Gasteiger partial charge in [0.05, 0.1) is 0 Å². The van der Waals surface area contributed by atoms with Gasteiger partial charge in [-0.05, 0) is 74.3 Å². The number of hydrogen-bond acceptors (Lipinski definition) is 3. The fourth-order valence-electron chi connectivity index (χ4n) is 4.75. The number of benzene rings is 1. The van der Waals surface area contributed by atoms with E-state index < -0.39 is 11.6 Å². The van der Waals surface area contributed by atoms with Crippen LogP contribution < -0.4 is 0 Å².